The van der Waals surface area contributed by atoms with Crippen LogP contribution in [0.4, 0.5) is 0 Å². The Morgan fingerprint density at radius 2 is 2.00 bits per heavy atom. The number of hydrogen-bond acceptors (Lipinski definition) is 2. The van der Waals surface area contributed by atoms with Gasteiger partial charge in [0.1, 0.15) is 0 Å². The zero-order valence-corrected chi connectivity index (χ0v) is 7.84. The van der Waals surface area contributed by atoms with Gasteiger partial charge >= 0.3 is 0 Å². The second-order valence-corrected chi connectivity index (χ2v) is 3.25. The van der Waals surface area contributed by atoms with Crippen LogP contribution in [0, 0.1) is 6.92 Å². The highest BCUT2D eigenvalue weighted by molar-refractivity contribution is 6.31. The number of pyridine rings is 1. The van der Waals surface area contributed by atoms with Crippen LogP contribution in [-0.2, 0) is 0 Å². The standard InChI is InChI=1S/C10H8ClNO/c1-6-7-4-2-3-5-8(7)12-10(11)9(6)13/h2-5,13H,1H3. The maximum Gasteiger partial charge on any atom is 0.171 e. The molecule has 1 heterocycles. The second-order valence-electron chi connectivity index (χ2n) is 2.89. The van der Waals surface area contributed by atoms with Crippen LogP contribution in [0.1, 0.15) is 5.56 Å². The van der Waals surface area contributed by atoms with Gasteiger partial charge in [0.05, 0.1) is 5.52 Å². The maximum absolute atomic E-state index is 9.51. The summed E-state index contributed by atoms with van der Waals surface area (Å²) in [6.45, 7) is 1.82. The minimum absolute atomic E-state index is 0.0698. The summed E-state index contributed by atoms with van der Waals surface area (Å²) < 4.78 is 0. The van der Waals surface area contributed by atoms with Crippen molar-refractivity contribution in [3.63, 3.8) is 0 Å². The summed E-state index contributed by atoms with van der Waals surface area (Å²) in [5.74, 6) is 0.0698. The molecular formula is C10H8ClNO. The van der Waals surface area contributed by atoms with E-state index in [4.69, 9.17) is 11.6 Å². The molecule has 1 aromatic heterocycles. The molecule has 0 saturated carbocycles. The van der Waals surface area contributed by atoms with Crippen LogP contribution in [0.15, 0.2) is 24.3 Å². The van der Waals surface area contributed by atoms with Gasteiger partial charge in [-0.1, -0.05) is 29.8 Å². The number of benzene rings is 1. The number of para-hydroxylation sites is 1. The van der Waals surface area contributed by atoms with E-state index in [0.717, 1.165) is 16.5 Å². The molecule has 0 spiro atoms. The Bertz CT molecular complexity index is 468. The van der Waals surface area contributed by atoms with Crippen LogP contribution in [-0.4, -0.2) is 10.1 Å². The monoisotopic (exact) mass is 193 g/mol. The largest absolute Gasteiger partial charge is 0.504 e. The van der Waals surface area contributed by atoms with Gasteiger partial charge in [-0.25, -0.2) is 4.98 Å². The Balaban J connectivity index is 2.94. The molecule has 0 fully saturated rings. The van der Waals surface area contributed by atoms with E-state index in [-0.39, 0.29) is 10.9 Å². The van der Waals surface area contributed by atoms with Gasteiger partial charge in [-0.15, -0.1) is 0 Å². The third kappa shape index (κ3) is 1.23. The first-order valence-corrected chi connectivity index (χ1v) is 4.32. The smallest absolute Gasteiger partial charge is 0.171 e. The Morgan fingerprint density at radius 3 is 2.77 bits per heavy atom. The third-order valence-corrected chi connectivity index (χ3v) is 2.34. The summed E-state index contributed by atoms with van der Waals surface area (Å²) in [5.41, 5.74) is 1.58. The molecule has 1 aromatic carbocycles. The van der Waals surface area contributed by atoms with E-state index >= 15 is 0 Å². The lowest BCUT2D eigenvalue weighted by Crippen LogP contribution is -1.85. The van der Waals surface area contributed by atoms with Crippen LogP contribution in [0.25, 0.3) is 10.9 Å². The van der Waals surface area contributed by atoms with Crippen LogP contribution in [0.3, 0.4) is 0 Å². The number of aromatic nitrogens is 1. The van der Waals surface area contributed by atoms with Crippen LogP contribution >= 0.6 is 11.6 Å². The molecule has 66 valence electrons. The molecule has 13 heavy (non-hydrogen) atoms. The van der Waals surface area contributed by atoms with E-state index in [1.54, 1.807) is 0 Å². The molecule has 0 aliphatic heterocycles. The van der Waals surface area contributed by atoms with Crippen LogP contribution < -0.4 is 0 Å². The van der Waals surface area contributed by atoms with Gasteiger partial charge in [0.25, 0.3) is 0 Å². The molecule has 2 rings (SSSR count). The fraction of sp³-hybridized carbons (Fsp3) is 0.100. The van der Waals surface area contributed by atoms with E-state index in [9.17, 15) is 5.11 Å². The lowest BCUT2D eigenvalue weighted by atomic mass is 10.1. The Labute approximate surface area is 80.8 Å². The van der Waals surface area contributed by atoms with Gasteiger partial charge < -0.3 is 5.11 Å². The number of halogens is 1. The predicted molar refractivity (Wildman–Crippen MR) is 53.2 cm³/mol. The van der Waals surface area contributed by atoms with E-state index in [1.165, 1.54) is 0 Å². The minimum Gasteiger partial charge on any atom is -0.504 e. The molecule has 0 aliphatic rings. The average molecular weight is 194 g/mol. The van der Waals surface area contributed by atoms with Gasteiger partial charge in [0.2, 0.25) is 0 Å². The van der Waals surface area contributed by atoms with Crippen LogP contribution in [0.2, 0.25) is 5.15 Å². The first-order valence-electron chi connectivity index (χ1n) is 3.94. The van der Waals surface area contributed by atoms with E-state index in [1.807, 2.05) is 31.2 Å². The van der Waals surface area contributed by atoms with Crippen molar-refractivity contribution >= 4 is 22.5 Å². The first-order chi connectivity index (χ1) is 6.20. The first kappa shape index (κ1) is 8.32. The van der Waals surface area contributed by atoms with Crippen LogP contribution in [0.5, 0.6) is 5.75 Å². The number of nitrogens with zero attached hydrogens (tertiary/aromatic N) is 1. The van der Waals surface area contributed by atoms with E-state index in [2.05, 4.69) is 4.98 Å². The lowest BCUT2D eigenvalue weighted by molar-refractivity contribution is 0.470. The molecule has 2 aromatic rings. The topological polar surface area (TPSA) is 33.1 Å². The highest BCUT2D eigenvalue weighted by Crippen LogP contribution is 2.30. The lowest BCUT2D eigenvalue weighted by Gasteiger charge is -2.04. The summed E-state index contributed by atoms with van der Waals surface area (Å²) in [6, 6.07) is 7.58. The van der Waals surface area contributed by atoms with E-state index in [0.29, 0.717) is 0 Å². The van der Waals surface area contributed by atoms with Crippen molar-refractivity contribution in [2.24, 2.45) is 0 Å². The van der Waals surface area contributed by atoms with Crippen molar-refractivity contribution in [1.29, 1.82) is 0 Å². The second kappa shape index (κ2) is 2.89. The highest BCUT2D eigenvalue weighted by Gasteiger charge is 2.07. The molecule has 1 N–H and O–H groups in total. The van der Waals surface area contributed by atoms with Gasteiger partial charge in [0.15, 0.2) is 10.9 Å². The van der Waals surface area contributed by atoms with E-state index < -0.39 is 0 Å². The number of aromatic hydroxyl groups is 1. The molecule has 0 bridgehead atoms. The van der Waals surface area contributed by atoms with Crippen molar-refractivity contribution < 1.29 is 5.11 Å². The fourth-order valence-corrected chi connectivity index (χ4v) is 1.56. The Hall–Kier alpha value is -1.28. The Morgan fingerprint density at radius 1 is 1.31 bits per heavy atom. The normalized spacial score (nSPS) is 10.6. The minimum atomic E-state index is 0.0698. The number of rotatable bonds is 0. The summed E-state index contributed by atoms with van der Waals surface area (Å²) in [7, 11) is 0. The molecule has 0 atom stereocenters. The molecule has 0 unspecified atom stereocenters. The van der Waals surface area contributed by atoms with Crippen molar-refractivity contribution in [2.45, 2.75) is 6.92 Å². The molecule has 0 radical (unpaired) electrons. The Kier molecular flexibility index (Phi) is 1.85. The zero-order chi connectivity index (χ0) is 9.42. The van der Waals surface area contributed by atoms with Crippen molar-refractivity contribution in [3.8, 4) is 5.75 Å². The van der Waals surface area contributed by atoms with Crippen molar-refractivity contribution in [2.75, 3.05) is 0 Å². The predicted octanol–water partition coefficient (Wildman–Crippen LogP) is 2.90. The molecule has 0 aliphatic carbocycles. The molecule has 2 nitrogen and oxygen atoms in total. The fourth-order valence-electron chi connectivity index (χ4n) is 1.33. The molecule has 3 heteroatoms. The number of aryl methyl sites for hydroxylation is 1. The molecule has 0 amide bonds. The number of hydrogen-bond donors (Lipinski definition) is 1. The quantitative estimate of drug-likeness (QED) is 0.653. The van der Waals surface area contributed by atoms with Gasteiger partial charge in [-0.05, 0) is 13.0 Å². The number of fused-ring (bicyclic) bond motifs is 1. The summed E-state index contributed by atoms with van der Waals surface area (Å²) in [6.07, 6.45) is 0. The zero-order valence-electron chi connectivity index (χ0n) is 7.08. The average Bonchev–Trinajstić information content (AvgIpc) is 2.15. The maximum atomic E-state index is 9.51. The summed E-state index contributed by atoms with van der Waals surface area (Å²) in [4.78, 5) is 4.05. The van der Waals surface area contributed by atoms with Gasteiger partial charge in [0, 0.05) is 10.9 Å². The summed E-state index contributed by atoms with van der Waals surface area (Å²) >= 11 is 5.73. The van der Waals surface area contributed by atoms with Crippen molar-refractivity contribution in [1.82, 2.24) is 4.98 Å². The highest BCUT2D eigenvalue weighted by atomic mass is 35.5. The SMILES string of the molecule is Cc1c(O)c(Cl)nc2ccccc12. The van der Waals surface area contributed by atoms with Gasteiger partial charge in [-0.2, -0.15) is 0 Å². The molecular weight excluding hydrogens is 186 g/mol. The third-order valence-electron chi connectivity index (χ3n) is 2.08. The molecule has 0 saturated heterocycles. The van der Waals surface area contributed by atoms with Crippen molar-refractivity contribution in [3.05, 3.63) is 35.0 Å². The van der Waals surface area contributed by atoms with Gasteiger partial charge in [-0.3, -0.25) is 0 Å². The summed E-state index contributed by atoms with van der Waals surface area (Å²) in [5, 5.41) is 10.6.